The number of ether oxygens (including phenoxy) is 1. The van der Waals surface area contributed by atoms with Gasteiger partial charge in [-0.15, -0.1) is 0 Å². The fourth-order valence-electron chi connectivity index (χ4n) is 3.32. The first kappa shape index (κ1) is 16.6. The molecule has 0 unspecified atom stereocenters. The molecule has 0 bridgehead atoms. The van der Waals surface area contributed by atoms with Crippen LogP contribution >= 0.6 is 0 Å². The van der Waals surface area contributed by atoms with E-state index in [0.29, 0.717) is 18.7 Å². The van der Waals surface area contributed by atoms with Crippen LogP contribution in [0.4, 0.5) is 0 Å². The molecule has 128 valence electrons. The van der Waals surface area contributed by atoms with Gasteiger partial charge < -0.3 is 19.2 Å². The molecule has 2 atom stereocenters. The summed E-state index contributed by atoms with van der Waals surface area (Å²) in [5.74, 6) is 1.73. The molecule has 1 N–H and O–H groups in total. The number of furan rings is 1. The van der Waals surface area contributed by atoms with Crippen LogP contribution in [-0.4, -0.2) is 35.7 Å². The fraction of sp³-hybridized carbons (Fsp3) is 0.421. The van der Waals surface area contributed by atoms with E-state index in [2.05, 4.69) is 0 Å². The summed E-state index contributed by atoms with van der Waals surface area (Å²) in [7, 11) is 1.61. The molecule has 1 amide bonds. The van der Waals surface area contributed by atoms with Crippen molar-refractivity contribution in [2.45, 2.75) is 38.8 Å². The number of hydrogen-bond donors (Lipinski definition) is 1. The number of β-amino-alcohol motifs (C(OH)–C–C–N with tert-alkyl or cyclic N) is 1. The zero-order valence-corrected chi connectivity index (χ0v) is 14.3. The number of nitrogens with zero attached hydrogens (tertiary/aromatic N) is 1. The third kappa shape index (κ3) is 3.04. The standard InChI is InChI=1S/C19H23NO4/c1-4-17-12(2)8-18(24-17)19(22)20-11-14(21)10-16(20)13-6-5-7-15(9-13)23-3/h5-9,14,16,21H,4,10-11H2,1-3H3/t14-,16-/m0/s1. The van der Waals surface area contributed by atoms with Crippen molar-refractivity contribution in [1.29, 1.82) is 0 Å². The number of methoxy groups -OCH3 is 1. The Bertz CT molecular complexity index is 737. The molecule has 24 heavy (non-hydrogen) atoms. The maximum atomic E-state index is 12.9. The number of likely N-dealkylation sites (tertiary alicyclic amines) is 1. The van der Waals surface area contributed by atoms with Gasteiger partial charge in [-0.25, -0.2) is 0 Å². The van der Waals surface area contributed by atoms with Crippen molar-refractivity contribution in [3.05, 3.63) is 53.0 Å². The van der Waals surface area contributed by atoms with E-state index in [1.165, 1.54) is 0 Å². The quantitative estimate of drug-likeness (QED) is 0.936. The second-order valence-electron chi connectivity index (χ2n) is 6.21. The first-order chi connectivity index (χ1) is 11.5. The molecule has 2 heterocycles. The summed E-state index contributed by atoms with van der Waals surface area (Å²) in [6.45, 7) is 4.25. The molecule has 1 aliphatic rings. The number of benzene rings is 1. The summed E-state index contributed by atoms with van der Waals surface area (Å²) < 4.78 is 11.0. The number of aliphatic hydroxyl groups is 1. The van der Waals surface area contributed by atoms with Gasteiger partial charge in [0.15, 0.2) is 5.76 Å². The van der Waals surface area contributed by atoms with E-state index in [9.17, 15) is 9.90 Å². The number of amides is 1. The first-order valence-corrected chi connectivity index (χ1v) is 8.25. The Balaban J connectivity index is 1.90. The van der Waals surface area contributed by atoms with Crippen LogP contribution in [0.2, 0.25) is 0 Å². The third-order valence-electron chi connectivity index (χ3n) is 4.57. The van der Waals surface area contributed by atoms with Gasteiger partial charge in [0.2, 0.25) is 0 Å². The van der Waals surface area contributed by atoms with Crippen LogP contribution in [-0.2, 0) is 6.42 Å². The van der Waals surface area contributed by atoms with Crippen molar-refractivity contribution >= 4 is 5.91 Å². The molecule has 3 rings (SSSR count). The molecule has 1 fully saturated rings. The van der Waals surface area contributed by atoms with Crippen molar-refractivity contribution in [2.24, 2.45) is 0 Å². The van der Waals surface area contributed by atoms with Gasteiger partial charge in [0.05, 0.1) is 19.3 Å². The second kappa shape index (κ2) is 6.69. The van der Waals surface area contributed by atoms with Crippen molar-refractivity contribution in [3.63, 3.8) is 0 Å². The van der Waals surface area contributed by atoms with E-state index in [1.807, 2.05) is 38.1 Å². The number of carbonyl (C=O) groups excluding carboxylic acids is 1. The van der Waals surface area contributed by atoms with Crippen LogP contribution in [0.1, 0.15) is 46.8 Å². The van der Waals surface area contributed by atoms with E-state index in [-0.39, 0.29) is 11.9 Å². The Labute approximate surface area is 141 Å². The van der Waals surface area contributed by atoms with Crippen molar-refractivity contribution in [1.82, 2.24) is 4.90 Å². The number of hydrogen-bond acceptors (Lipinski definition) is 4. The summed E-state index contributed by atoms with van der Waals surface area (Å²) in [5.41, 5.74) is 1.94. The number of rotatable bonds is 4. The smallest absolute Gasteiger partial charge is 0.290 e. The van der Waals surface area contributed by atoms with E-state index in [4.69, 9.17) is 9.15 Å². The zero-order chi connectivity index (χ0) is 17.3. The molecule has 2 aromatic rings. The van der Waals surface area contributed by atoms with Gasteiger partial charge in [-0.2, -0.15) is 0 Å². The van der Waals surface area contributed by atoms with Gasteiger partial charge in [-0.3, -0.25) is 4.79 Å². The normalized spacial score (nSPS) is 20.4. The van der Waals surface area contributed by atoms with Gasteiger partial charge in [0.25, 0.3) is 5.91 Å². The van der Waals surface area contributed by atoms with Crippen molar-refractivity contribution in [3.8, 4) is 5.75 Å². The Morgan fingerprint density at radius 1 is 1.42 bits per heavy atom. The highest BCUT2D eigenvalue weighted by Crippen LogP contribution is 2.35. The minimum Gasteiger partial charge on any atom is -0.497 e. The molecular formula is C19H23NO4. The Morgan fingerprint density at radius 2 is 2.21 bits per heavy atom. The molecule has 5 nitrogen and oxygen atoms in total. The van der Waals surface area contributed by atoms with Gasteiger partial charge in [-0.1, -0.05) is 19.1 Å². The molecule has 0 radical (unpaired) electrons. The monoisotopic (exact) mass is 329 g/mol. The molecule has 1 saturated heterocycles. The van der Waals surface area contributed by atoms with Crippen LogP contribution < -0.4 is 4.74 Å². The average molecular weight is 329 g/mol. The second-order valence-corrected chi connectivity index (χ2v) is 6.21. The lowest BCUT2D eigenvalue weighted by Crippen LogP contribution is -2.31. The van der Waals surface area contributed by atoms with Gasteiger partial charge >= 0.3 is 0 Å². The summed E-state index contributed by atoms with van der Waals surface area (Å²) >= 11 is 0. The molecule has 0 aliphatic carbocycles. The largest absolute Gasteiger partial charge is 0.497 e. The predicted octanol–water partition coefficient (Wildman–Crippen LogP) is 3.11. The van der Waals surface area contributed by atoms with Gasteiger partial charge in [0.1, 0.15) is 11.5 Å². The zero-order valence-electron chi connectivity index (χ0n) is 14.3. The molecule has 1 aliphatic heterocycles. The lowest BCUT2D eigenvalue weighted by Gasteiger charge is -2.24. The minimum atomic E-state index is -0.535. The predicted molar refractivity (Wildman–Crippen MR) is 90.2 cm³/mol. The number of carbonyl (C=O) groups is 1. The van der Waals surface area contributed by atoms with Crippen molar-refractivity contribution in [2.75, 3.05) is 13.7 Å². The number of aryl methyl sites for hydroxylation is 2. The third-order valence-corrected chi connectivity index (χ3v) is 4.57. The van der Waals surface area contributed by atoms with Crippen LogP contribution in [0.15, 0.2) is 34.7 Å². The molecule has 5 heteroatoms. The van der Waals surface area contributed by atoms with E-state index in [1.54, 1.807) is 18.1 Å². The topological polar surface area (TPSA) is 62.9 Å². The van der Waals surface area contributed by atoms with Crippen LogP contribution in [0, 0.1) is 6.92 Å². The van der Waals surface area contributed by atoms with Gasteiger partial charge in [0, 0.05) is 13.0 Å². The van der Waals surface area contributed by atoms with Gasteiger partial charge in [-0.05, 0) is 42.7 Å². The minimum absolute atomic E-state index is 0.179. The lowest BCUT2D eigenvalue weighted by molar-refractivity contribution is 0.0682. The molecule has 0 spiro atoms. The van der Waals surface area contributed by atoms with E-state index < -0.39 is 6.10 Å². The van der Waals surface area contributed by atoms with Crippen LogP contribution in [0.3, 0.4) is 0 Å². The highest BCUT2D eigenvalue weighted by atomic mass is 16.5. The molecule has 1 aromatic carbocycles. The molecule has 1 aromatic heterocycles. The molecular weight excluding hydrogens is 306 g/mol. The van der Waals surface area contributed by atoms with E-state index in [0.717, 1.165) is 29.1 Å². The first-order valence-electron chi connectivity index (χ1n) is 8.25. The summed E-state index contributed by atoms with van der Waals surface area (Å²) in [4.78, 5) is 14.6. The average Bonchev–Trinajstić information content (AvgIpc) is 3.17. The highest BCUT2D eigenvalue weighted by Gasteiger charge is 2.37. The van der Waals surface area contributed by atoms with E-state index >= 15 is 0 Å². The highest BCUT2D eigenvalue weighted by molar-refractivity contribution is 5.92. The Morgan fingerprint density at radius 3 is 2.88 bits per heavy atom. The Kier molecular flexibility index (Phi) is 4.62. The fourth-order valence-corrected chi connectivity index (χ4v) is 3.32. The SMILES string of the molecule is CCc1oc(C(=O)N2C[C@@H](O)C[C@H]2c2cccc(OC)c2)cc1C. The summed E-state index contributed by atoms with van der Waals surface area (Å²) in [5, 5.41) is 10.1. The Hall–Kier alpha value is -2.27. The van der Waals surface area contributed by atoms with Crippen LogP contribution in [0.5, 0.6) is 5.75 Å². The lowest BCUT2D eigenvalue weighted by atomic mass is 10.0. The molecule has 0 saturated carbocycles. The summed E-state index contributed by atoms with van der Waals surface area (Å²) in [6.07, 6.45) is 0.729. The maximum absolute atomic E-state index is 12.9. The van der Waals surface area contributed by atoms with Crippen LogP contribution in [0.25, 0.3) is 0 Å². The maximum Gasteiger partial charge on any atom is 0.290 e. The number of aliphatic hydroxyl groups excluding tert-OH is 1. The summed E-state index contributed by atoms with van der Waals surface area (Å²) in [6, 6.07) is 9.23. The van der Waals surface area contributed by atoms with Crippen molar-refractivity contribution < 1.29 is 19.1 Å².